The summed E-state index contributed by atoms with van der Waals surface area (Å²) < 4.78 is 4.62. The Balaban J connectivity index is 2.12. The number of ether oxygens (including phenoxy) is 1. The minimum Gasteiger partial charge on any atom is -0.469 e. The fourth-order valence-corrected chi connectivity index (χ4v) is 2.26. The summed E-state index contributed by atoms with van der Waals surface area (Å²) >= 11 is 0. The summed E-state index contributed by atoms with van der Waals surface area (Å²) in [6.45, 7) is 0. The summed E-state index contributed by atoms with van der Waals surface area (Å²) in [5.41, 5.74) is -0.879. The Labute approximate surface area is 86.3 Å². The molecule has 15 heavy (non-hydrogen) atoms. The predicted molar refractivity (Wildman–Crippen MR) is 48.8 cm³/mol. The highest BCUT2D eigenvalue weighted by atomic mass is 16.5. The van der Waals surface area contributed by atoms with Gasteiger partial charge < -0.3 is 10.1 Å². The largest absolute Gasteiger partial charge is 0.469 e. The number of hydrogen-bond donors (Lipinski definition) is 2. The second-order valence-corrected chi connectivity index (χ2v) is 3.95. The Morgan fingerprint density at radius 2 is 2.27 bits per heavy atom. The van der Waals surface area contributed by atoms with Crippen molar-refractivity contribution in [1.82, 2.24) is 10.6 Å². The molecule has 0 radical (unpaired) electrons. The molecule has 2 aliphatic rings. The SMILES string of the molecule is COC(=O)[C@@H]1CC[C@]2(C1)NC(=O)NC2=O. The summed E-state index contributed by atoms with van der Waals surface area (Å²) in [7, 11) is 1.32. The Bertz CT molecular complexity index is 341. The van der Waals surface area contributed by atoms with Crippen molar-refractivity contribution in [3.8, 4) is 0 Å². The van der Waals surface area contributed by atoms with Gasteiger partial charge in [-0.05, 0) is 19.3 Å². The van der Waals surface area contributed by atoms with Crippen molar-refractivity contribution in [1.29, 1.82) is 0 Å². The second kappa shape index (κ2) is 3.22. The van der Waals surface area contributed by atoms with Gasteiger partial charge in [-0.3, -0.25) is 14.9 Å². The first kappa shape index (κ1) is 9.95. The van der Waals surface area contributed by atoms with Gasteiger partial charge in [-0.1, -0.05) is 0 Å². The highest BCUT2D eigenvalue weighted by molar-refractivity contribution is 6.07. The van der Waals surface area contributed by atoms with Gasteiger partial charge in [-0.15, -0.1) is 0 Å². The van der Waals surface area contributed by atoms with E-state index in [-0.39, 0.29) is 17.8 Å². The quantitative estimate of drug-likeness (QED) is 0.455. The van der Waals surface area contributed by atoms with Gasteiger partial charge >= 0.3 is 12.0 Å². The number of carbonyl (C=O) groups is 3. The van der Waals surface area contributed by atoms with Crippen LogP contribution in [0.5, 0.6) is 0 Å². The number of amides is 3. The molecule has 0 aromatic heterocycles. The number of hydrogen-bond acceptors (Lipinski definition) is 4. The van der Waals surface area contributed by atoms with Crippen molar-refractivity contribution in [2.45, 2.75) is 24.8 Å². The molecule has 0 bridgehead atoms. The number of nitrogens with one attached hydrogen (secondary N) is 2. The maximum Gasteiger partial charge on any atom is 0.322 e. The molecule has 1 saturated carbocycles. The second-order valence-electron chi connectivity index (χ2n) is 3.95. The zero-order valence-electron chi connectivity index (χ0n) is 8.33. The highest BCUT2D eigenvalue weighted by Crippen LogP contribution is 2.37. The lowest BCUT2D eigenvalue weighted by Crippen LogP contribution is -2.44. The van der Waals surface area contributed by atoms with Crippen molar-refractivity contribution in [3.05, 3.63) is 0 Å². The summed E-state index contributed by atoms with van der Waals surface area (Å²) in [6, 6.07) is -0.481. The molecule has 0 aromatic rings. The molecule has 2 rings (SSSR count). The van der Waals surface area contributed by atoms with E-state index in [0.29, 0.717) is 19.3 Å². The standard InChI is InChI=1S/C9H12N2O4/c1-15-6(12)5-2-3-9(4-5)7(13)10-8(14)11-9/h5H,2-4H2,1H3,(H2,10,11,13,14)/t5-,9-/m1/s1. The molecule has 6 nitrogen and oxygen atoms in total. The Morgan fingerprint density at radius 3 is 2.80 bits per heavy atom. The van der Waals surface area contributed by atoms with Crippen molar-refractivity contribution in [3.63, 3.8) is 0 Å². The van der Waals surface area contributed by atoms with Gasteiger partial charge in [-0.25, -0.2) is 4.79 Å². The summed E-state index contributed by atoms with van der Waals surface area (Å²) in [6.07, 6.45) is 1.39. The number of methoxy groups -OCH3 is 1. The molecule has 1 heterocycles. The van der Waals surface area contributed by atoms with Gasteiger partial charge in [0.15, 0.2) is 0 Å². The lowest BCUT2D eigenvalue weighted by atomic mass is 9.96. The van der Waals surface area contributed by atoms with E-state index in [9.17, 15) is 14.4 Å². The van der Waals surface area contributed by atoms with Crippen LogP contribution in [0.1, 0.15) is 19.3 Å². The van der Waals surface area contributed by atoms with Gasteiger partial charge in [0.05, 0.1) is 13.0 Å². The van der Waals surface area contributed by atoms with Crippen LogP contribution in [0.4, 0.5) is 4.79 Å². The van der Waals surface area contributed by atoms with E-state index in [4.69, 9.17) is 0 Å². The lowest BCUT2D eigenvalue weighted by Gasteiger charge is -2.18. The van der Waals surface area contributed by atoms with Gasteiger partial charge in [0, 0.05) is 0 Å². The highest BCUT2D eigenvalue weighted by Gasteiger charge is 2.52. The van der Waals surface area contributed by atoms with Crippen LogP contribution in [-0.4, -0.2) is 30.6 Å². The first-order valence-corrected chi connectivity index (χ1v) is 4.79. The van der Waals surface area contributed by atoms with E-state index in [1.165, 1.54) is 7.11 Å². The van der Waals surface area contributed by atoms with Crippen LogP contribution in [0.3, 0.4) is 0 Å². The van der Waals surface area contributed by atoms with E-state index in [1.54, 1.807) is 0 Å². The van der Waals surface area contributed by atoms with E-state index < -0.39 is 11.6 Å². The smallest absolute Gasteiger partial charge is 0.322 e. The van der Waals surface area contributed by atoms with Crippen molar-refractivity contribution in [2.75, 3.05) is 7.11 Å². The van der Waals surface area contributed by atoms with Crippen LogP contribution in [0.25, 0.3) is 0 Å². The maximum atomic E-state index is 11.5. The summed E-state index contributed by atoms with van der Waals surface area (Å²) in [5, 5.41) is 4.77. The molecule has 2 atom stereocenters. The number of carbonyl (C=O) groups excluding carboxylic acids is 3. The topological polar surface area (TPSA) is 84.5 Å². The van der Waals surface area contributed by atoms with Gasteiger partial charge in [0.25, 0.3) is 5.91 Å². The van der Waals surface area contributed by atoms with Crippen LogP contribution >= 0.6 is 0 Å². The van der Waals surface area contributed by atoms with Crippen LogP contribution in [0.15, 0.2) is 0 Å². The minimum atomic E-state index is -0.879. The molecule has 2 N–H and O–H groups in total. The normalized spacial score (nSPS) is 34.1. The zero-order valence-corrected chi connectivity index (χ0v) is 8.33. The molecule has 0 unspecified atom stereocenters. The molecular formula is C9H12N2O4. The van der Waals surface area contributed by atoms with Gasteiger partial charge in [0.1, 0.15) is 5.54 Å². The Morgan fingerprint density at radius 1 is 1.53 bits per heavy atom. The molecule has 6 heteroatoms. The fraction of sp³-hybridized carbons (Fsp3) is 0.667. The molecule has 1 aliphatic heterocycles. The molecule has 2 fully saturated rings. The molecule has 3 amide bonds. The average molecular weight is 212 g/mol. The van der Waals surface area contributed by atoms with Crippen LogP contribution in [0, 0.1) is 5.92 Å². The molecular weight excluding hydrogens is 200 g/mol. The number of esters is 1. The summed E-state index contributed by atoms with van der Waals surface area (Å²) in [4.78, 5) is 33.8. The molecule has 82 valence electrons. The van der Waals surface area contributed by atoms with Crippen molar-refractivity contribution in [2.24, 2.45) is 5.92 Å². The number of rotatable bonds is 1. The third kappa shape index (κ3) is 1.45. The van der Waals surface area contributed by atoms with Crippen molar-refractivity contribution >= 4 is 17.9 Å². The lowest BCUT2D eigenvalue weighted by molar-refractivity contribution is -0.145. The van der Waals surface area contributed by atoms with E-state index >= 15 is 0 Å². The minimum absolute atomic E-state index is 0.292. The molecule has 1 spiro atoms. The monoisotopic (exact) mass is 212 g/mol. The van der Waals surface area contributed by atoms with Crippen LogP contribution in [0.2, 0.25) is 0 Å². The van der Waals surface area contributed by atoms with E-state index in [2.05, 4.69) is 15.4 Å². The first-order valence-electron chi connectivity index (χ1n) is 4.79. The molecule has 1 saturated heterocycles. The summed E-state index contributed by atoms with van der Waals surface area (Å²) in [5.74, 6) is -0.945. The number of urea groups is 1. The van der Waals surface area contributed by atoms with E-state index in [0.717, 1.165) is 0 Å². The Kier molecular flexibility index (Phi) is 2.13. The molecule has 0 aromatic carbocycles. The maximum absolute atomic E-state index is 11.5. The third-order valence-corrected chi connectivity index (χ3v) is 3.06. The first-order chi connectivity index (χ1) is 7.07. The number of imide groups is 1. The van der Waals surface area contributed by atoms with Gasteiger partial charge in [0.2, 0.25) is 0 Å². The average Bonchev–Trinajstić information content (AvgIpc) is 2.72. The molecule has 1 aliphatic carbocycles. The third-order valence-electron chi connectivity index (χ3n) is 3.06. The predicted octanol–water partition coefficient (Wildman–Crippen LogP) is -0.462. The zero-order chi connectivity index (χ0) is 11.1. The van der Waals surface area contributed by atoms with E-state index in [1.807, 2.05) is 0 Å². The fourth-order valence-electron chi connectivity index (χ4n) is 2.26. The van der Waals surface area contributed by atoms with Crippen LogP contribution < -0.4 is 10.6 Å². The van der Waals surface area contributed by atoms with Crippen molar-refractivity contribution < 1.29 is 19.1 Å². The Hall–Kier alpha value is -1.59. The van der Waals surface area contributed by atoms with Gasteiger partial charge in [-0.2, -0.15) is 0 Å². The van der Waals surface area contributed by atoms with Crippen LogP contribution in [-0.2, 0) is 14.3 Å².